The minimum atomic E-state index is -0.706. The molecule has 0 saturated carbocycles. The van der Waals surface area contributed by atoms with Crippen LogP contribution in [0.5, 0.6) is 0 Å². The molecule has 0 unspecified atom stereocenters. The first-order valence-corrected chi connectivity index (χ1v) is 5.80. The molecule has 0 aromatic heterocycles. The number of carbonyl (C=O) groups is 2. The molecule has 0 fully saturated rings. The van der Waals surface area contributed by atoms with E-state index in [4.69, 9.17) is 4.74 Å². The minimum absolute atomic E-state index is 0.255. The SMILES string of the molecule is BC(=O)N[C@H](C(=O)OC)C(C)(C)c1ccccc1. The van der Waals surface area contributed by atoms with Crippen molar-refractivity contribution < 1.29 is 14.3 Å². The van der Waals surface area contributed by atoms with Gasteiger partial charge in [-0.15, -0.1) is 0 Å². The van der Waals surface area contributed by atoms with E-state index in [0.717, 1.165) is 5.56 Å². The summed E-state index contributed by atoms with van der Waals surface area (Å²) in [6, 6.07) is 8.86. The van der Waals surface area contributed by atoms with Gasteiger partial charge in [-0.25, -0.2) is 4.79 Å². The highest BCUT2D eigenvalue weighted by atomic mass is 16.5. The van der Waals surface area contributed by atoms with Crippen LogP contribution in [0, 0.1) is 0 Å². The first-order valence-electron chi connectivity index (χ1n) is 5.80. The molecular formula is C13H18BNO3. The van der Waals surface area contributed by atoms with Gasteiger partial charge in [0.05, 0.1) is 7.11 Å². The topological polar surface area (TPSA) is 55.4 Å². The van der Waals surface area contributed by atoms with E-state index >= 15 is 0 Å². The summed E-state index contributed by atoms with van der Waals surface area (Å²) in [6.07, 6.45) is 0. The quantitative estimate of drug-likeness (QED) is 0.633. The normalized spacial score (nSPS) is 12.6. The van der Waals surface area contributed by atoms with Crippen LogP contribution >= 0.6 is 0 Å². The van der Waals surface area contributed by atoms with Crippen molar-refractivity contribution in [2.24, 2.45) is 0 Å². The van der Waals surface area contributed by atoms with Gasteiger partial charge < -0.3 is 10.1 Å². The van der Waals surface area contributed by atoms with Crippen LogP contribution in [0.4, 0.5) is 4.79 Å². The first-order chi connectivity index (χ1) is 8.39. The number of benzene rings is 1. The molecule has 1 aromatic carbocycles. The zero-order valence-corrected chi connectivity index (χ0v) is 11.2. The van der Waals surface area contributed by atoms with E-state index in [1.54, 1.807) is 0 Å². The molecule has 0 bridgehead atoms. The highest BCUT2D eigenvalue weighted by Gasteiger charge is 2.37. The lowest BCUT2D eigenvalue weighted by Gasteiger charge is -2.33. The zero-order valence-electron chi connectivity index (χ0n) is 11.2. The molecule has 1 N–H and O–H groups in total. The van der Waals surface area contributed by atoms with Crippen molar-refractivity contribution in [1.29, 1.82) is 0 Å². The summed E-state index contributed by atoms with van der Waals surface area (Å²) in [4.78, 5) is 23.1. The van der Waals surface area contributed by atoms with Gasteiger partial charge >= 0.3 is 5.97 Å². The van der Waals surface area contributed by atoms with Gasteiger partial charge in [0.15, 0.2) is 5.81 Å². The van der Waals surface area contributed by atoms with Crippen LogP contribution in [0.2, 0.25) is 0 Å². The second kappa shape index (κ2) is 5.71. The van der Waals surface area contributed by atoms with Crippen LogP contribution in [-0.4, -0.2) is 32.8 Å². The number of carbonyl (C=O) groups excluding carboxylic acids is 2. The average molecular weight is 247 g/mol. The molecule has 0 spiro atoms. The molecule has 5 heteroatoms. The molecule has 0 aliphatic rings. The van der Waals surface area contributed by atoms with E-state index in [9.17, 15) is 9.59 Å². The van der Waals surface area contributed by atoms with Crippen molar-refractivity contribution in [2.45, 2.75) is 25.3 Å². The summed E-state index contributed by atoms with van der Waals surface area (Å²) >= 11 is 0. The highest BCUT2D eigenvalue weighted by Crippen LogP contribution is 2.27. The van der Waals surface area contributed by atoms with Gasteiger partial charge in [-0.05, 0) is 5.56 Å². The lowest BCUT2D eigenvalue weighted by Crippen LogP contribution is -2.52. The van der Waals surface area contributed by atoms with Gasteiger partial charge in [0.25, 0.3) is 0 Å². The molecule has 0 radical (unpaired) electrons. The van der Waals surface area contributed by atoms with Crippen molar-refractivity contribution in [3.63, 3.8) is 0 Å². The Bertz CT molecular complexity index is 431. The summed E-state index contributed by atoms with van der Waals surface area (Å²) in [5.41, 5.74) is 0.425. The minimum Gasteiger partial charge on any atom is -0.467 e. The molecule has 0 heterocycles. The molecule has 18 heavy (non-hydrogen) atoms. The smallest absolute Gasteiger partial charge is 0.329 e. The lowest BCUT2D eigenvalue weighted by atomic mass is 9.77. The molecule has 96 valence electrons. The van der Waals surface area contributed by atoms with Crippen LogP contribution in [0.15, 0.2) is 30.3 Å². The van der Waals surface area contributed by atoms with Crippen molar-refractivity contribution in [2.75, 3.05) is 7.11 Å². The van der Waals surface area contributed by atoms with Gasteiger partial charge in [-0.1, -0.05) is 44.2 Å². The fourth-order valence-electron chi connectivity index (χ4n) is 1.89. The van der Waals surface area contributed by atoms with Crippen LogP contribution < -0.4 is 5.32 Å². The van der Waals surface area contributed by atoms with Crippen molar-refractivity contribution in [3.05, 3.63) is 35.9 Å². The molecular weight excluding hydrogens is 229 g/mol. The molecule has 1 amide bonds. The molecule has 4 nitrogen and oxygen atoms in total. The molecule has 1 aromatic rings. The van der Waals surface area contributed by atoms with E-state index in [2.05, 4.69) is 5.32 Å². The lowest BCUT2D eigenvalue weighted by molar-refractivity contribution is -0.144. The molecule has 0 saturated heterocycles. The summed E-state index contributed by atoms with van der Waals surface area (Å²) in [5, 5.41) is 2.66. The van der Waals surface area contributed by atoms with Crippen molar-refractivity contribution >= 4 is 19.6 Å². The number of esters is 1. The van der Waals surface area contributed by atoms with Crippen LogP contribution in [0.25, 0.3) is 0 Å². The predicted molar refractivity (Wildman–Crippen MR) is 72.3 cm³/mol. The predicted octanol–water partition coefficient (Wildman–Crippen LogP) is 0.848. The summed E-state index contributed by atoms with van der Waals surface area (Å²) in [5.74, 6) is -0.701. The Morgan fingerprint density at radius 2 is 1.83 bits per heavy atom. The van der Waals surface area contributed by atoms with Gasteiger partial charge in [-0.3, -0.25) is 4.79 Å². The average Bonchev–Trinajstić information content (AvgIpc) is 2.35. The number of hydrogen-bond donors (Lipinski definition) is 1. The molecule has 0 aliphatic heterocycles. The Morgan fingerprint density at radius 3 is 2.28 bits per heavy atom. The standard InChI is InChI=1S/C13H18BNO3/c1-13(2,9-7-5-4-6-8-9)10(11(16)18-3)15-12(14)17/h4-8,10H,14H2,1-3H3,(H,15,17)/t10-/m1/s1. The van der Waals surface area contributed by atoms with Crippen molar-refractivity contribution in [1.82, 2.24) is 5.32 Å². The van der Waals surface area contributed by atoms with Gasteiger partial charge in [0.1, 0.15) is 6.04 Å². The Balaban J connectivity index is 3.10. The van der Waals surface area contributed by atoms with E-state index in [0.29, 0.717) is 0 Å². The Morgan fingerprint density at radius 1 is 1.28 bits per heavy atom. The fourth-order valence-corrected chi connectivity index (χ4v) is 1.89. The maximum absolute atomic E-state index is 11.8. The van der Waals surface area contributed by atoms with Crippen LogP contribution in [-0.2, 0) is 14.9 Å². The third-order valence-corrected chi connectivity index (χ3v) is 3.02. The van der Waals surface area contributed by atoms with E-state index < -0.39 is 17.4 Å². The van der Waals surface area contributed by atoms with E-state index in [1.165, 1.54) is 15.0 Å². The third-order valence-electron chi connectivity index (χ3n) is 3.02. The number of methoxy groups -OCH3 is 1. The summed E-state index contributed by atoms with van der Waals surface area (Å²) in [7, 11) is 2.70. The maximum atomic E-state index is 11.8. The summed E-state index contributed by atoms with van der Waals surface area (Å²) < 4.78 is 4.77. The Hall–Kier alpha value is -1.78. The Labute approximate surface area is 108 Å². The third kappa shape index (κ3) is 3.12. The molecule has 1 atom stereocenters. The van der Waals surface area contributed by atoms with Crippen LogP contribution in [0.1, 0.15) is 19.4 Å². The summed E-state index contributed by atoms with van der Waals surface area (Å²) in [6.45, 7) is 3.81. The highest BCUT2D eigenvalue weighted by molar-refractivity contribution is 6.57. The second-order valence-corrected chi connectivity index (χ2v) is 4.74. The van der Waals surface area contributed by atoms with Gasteiger partial charge in [0, 0.05) is 5.41 Å². The van der Waals surface area contributed by atoms with E-state index in [1.807, 2.05) is 44.2 Å². The van der Waals surface area contributed by atoms with Gasteiger partial charge in [0.2, 0.25) is 7.85 Å². The largest absolute Gasteiger partial charge is 0.467 e. The fraction of sp³-hybridized carbons (Fsp3) is 0.385. The van der Waals surface area contributed by atoms with E-state index in [-0.39, 0.29) is 5.81 Å². The maximum Gasteiger partial charge on any atom is 0.329 e. The number of hydrogen-bond acceptors (Lipinski definition) is 3. The van der Waals surface area contributed by atoms with Crippen molar-refractivity contribution in [3.8, 4) is 0 Å². The zero-order chi connectivity index (χ0) is 13.8. The van der Waals surface area contributed by atoms with Gasteiger partial charge in [-0.2, -0.15) is 0 Å². The monoisotopic (exact) mass is 247 g/mol. The number of ether oxygens (including phenoxy) is 1. The number of nitrogens with one attached hydrogen (secondary N) is 1. The Kier molecular flexibility index (Phi) is 4.53. The van der Waals surface area contributed by atoms with Crippen LogP contribution in [0.3, 0.4) is 0 Å². The molecule has 1 rings (SSSR count). The molecule has 0 aliphatic carbocycles. The number of amides is 1. The first kappa shape index (κ1) is 14.3. The second-order valence-electron chi connectivity index (χ2n) is 4.74. The number of rotatable bonds is 4.